The Bertz CT molecular complexity index is 519. The average Bonchev–Trinajstić information content (AvgIpc) is 2.54. The lowest BCUT2D eigenvalue weighted by Crippen LogP contribution is -2.71. The Morgan fingerprint density at radius 1 is 1.38 bits per heavy atom. The normalized spacial score (nSPS) is 35.7. The molecule has 1 rings (SSSR count). The number of aliphatic carboxylic acids is 1. The highest BCUT2D eigenvalue weighted by Crippen LogP contribution is 2.36. The van der Waals surface area contributed by atoms with Crippen LogP contribution in [0.4, 0.5) is 0 Å². The molecule has 1 saturated heterocycles. The summed E-state index contributed by atoms with van der Waals surface area (Å²) in [6.07, 6.45) is -2.67. The van der Waals surface area contributed by atoms with E-state index in [1.165, 1.54) is 0 Å². The molecule has 0 bridgehead atoms. The van der Waals surface area contributed by atoms with Crippen LogP contribution in [-0.4, -0.2) is 85.2 Å². The van der Waals surface area contributed by atoms with Gasteiger partial charge < -0.3 is 41.1 Å². The first-order chi connectivity index (χ1) is 11.1. The minimum atomic E-state index is -3.18. The molecule has 8 N–H and O–H groups in total. The number of ketones is 1. The number of Topliss-reactive ketones (excluding diaryl/α,β-unsaturated/α-hetero) is 1. The fourth-order valence-electron chi connectivity index (χ4n) is 2.57. The zero-order valence-electron chi connectivity index (χ0n) is 12.6. The Morgan fingerprint density at radius 3 is 2.42 bits per heavy atom. The van der Waals surface area contributed by atoms with Gasteiger partial charge in [0, 0.05) is 12.8 Å². The molecule has 136 valence electrons. The topological polar surface area (TPSA) is 191 Å². The van der Waals surface area contributed by atoms with Crippen LogP contribution in [0.15, 0.2) is 0 Å². The summed E-state index contributed by atoms with van der Waals surface area (Å²) >= 11 is 0. The standard InChI is InChI=1S/C14H21NO9/c1-2-3-4-6(17)8-11(20)9(15)12(10(19)7(18)5-16)24-14(8,23)13(21)22/h1,7-12,16,18-20,23H,3-5,15H2,(H,21,22)/t7-,8?,9-,10-,11+,12-,14?/m1/s1. The summed E-state index contributed by atoms with van der Waals surface area (Å²) in [7, 11) is 0. The number of aliphatic hydroxyl groups is 5. The van der Waals surface area contributed by atoms with E-state index in [1.807, 2.05) is 0 Å². The maximum absolute atomic E-state index is 12.1. The maximum Gasteiger partial charge on any atom is 0.365 e. The summed E-state index contributed by atoms with van der Waals surface area (Å²) in [6, 6.07) is -1.51. The summed E-state index contributed by atoms with van der Waals surface area (Å²) in [4.78, 5) is 23.5. The van der Waals surface area contributed by atoms with Crippen LogP contribution in [0, 0.1) is 18.3 Å². The summed E-state index contributed by atoms with van der Waals surface area (Å²) in [5.41, 5.74) is 5.67. The summed E-state index contributed by atoms with van der Waals surface area (Å²) in [5, 5.41) is 57.9. The minimum Gasteiger partial charge on any atom is -0.477 e. The Labute approximate surface area is 137 Å². The van der Waals surface area contributed by atoms with Crippen molar-refractivity contribution in [2.45, 2.75) is 49.1 Å². The molecule has 24 heavy (non-hydrogen) atoms. The quantitative estimate of drug-likeness (QED) is 0.224. The van der Waals surface area contributed by atoms with E-state index in [0.717, 1.165) is 0 Å². The molecule has 0 aromatic carbocycles. The van der Waals surface area contributed by atoms with Crippen LogP contribution < -0.4 is 5.73 Å². The summed E-state index contributed by atoms with van der Waals surface area (Å²) in [5.74, 6) is -5.81. The Kier molecular flexibility index (Phi) is 6.82. The van der Waals surface area contributed by atoms with E-state index in [9.17, 15) is 35.1 Å². The number of carboxylic acid groups (broad SMARTS) is 1. The van der Waals surface area contributed by atoms with Gasteiger partial charge in [0.1, 0.15) is 30.0 Å². The van der Waals surface area contributed by atoms with Crippen molar-refractivity contribution < 1.29 is 45.0 Å². The lowest BCUT2D eigenvalue weighted by molar-refractivity contribution is -0.311. The van der Waals surface area contributed by atoms with Crippen molar-refractivity contribution in [1.29, 1.82) is 0 Å². The molecule has 0 aliphatic carbocycles. The summed E-state index contributed by atoms with van der Waals surface area (Å²) < 4.78 is 4.89. The van der Waals surface area contributed by atoms with Crippen molar-refractivity contribution in [2.24, 2.45) is 11.7 Å². The maximum atomic E-state index is 12.1. The van der Waals surface area contributed by atoms with Crippen molar-refractivity contribution in [2.75, 3.05) is 6.61 Å². The fraction of sp³-hybridized carbons (Fsp3) is 0.714. The third kappa shape index (κ3) is 3.73. The van der Waals surface area contributed by atoms with Crippen LogP contribution in [0.3, 0.4) is 0 Å². The molecule has 10 heteroatoms. The third-order valence-corrected chi connectivity index (χ3v) is 3.94. The molecule has 0 aromatic rings. The van der Waals surface area contributed by atoms with Gasteiger partial charge in [0.2, 0.25) is 0 Å². The number of hydrogen-bond donors (Lipinski definition) is 7. The largest absolute Gasteiger partial charge is 0.477 e. The highest BCUT2D eigenvalue weighted by atomic mass is 16.7. The van der Waals surface area contributed by atoms with Gasteiger partial charge in [-0.05, 0) is 0 Å². The predicted molar refractivity (Wildman–Crippen MR) is 77.1 cm³/mol. The van der Waals surface area contributed by atoms with Crippen molar-refractivity contribution in [1.82, 2.24) is 0 Å². The lowest BCUT2D eigenvalue weighted by Gasteiger charge is -2.47. The van der Waals surface area contributed by atoms with Gasteiger partial charge in [-0.3, -0.25) is 4.79 Å². The van der Waals surface area contributed by atoms with Gasteiger partial charge in [-0.15, -0.1) is 12.3 Å². The highest BCUT2D eigenvalue weighted by molar-refractivity contribution is 5.90. The van der Waals surface area contributed by atoms with E-state index in [1.54, 1.807) is 0 Å². The van der Waals surface area contributed by atoms with Gasteiger partial charge in [0.05, 0.1) is 18.8 Å². The monoisotopic (exact) mass is 347 g/mol. The zero-order valence-corrected chi connectivity index (χ0v) is 12.6. The number of carbonyl (C=O) groups excluding carboxylic acids is 1. The number of aliphatic hydroxyl groups excluding tert-OH is 4. The van der Waals surface area contributed by atoms with E-state index >= 15 is 0 Å². The molecule has 2 unspecified atom stereocenters. The lowest BCUT2D eigenvalue weighted by atomic mass is 9.77. The number of carbonyl (C=O) groups is 2. The second-order valence-electron chi connectivity index (χ2n) is 5.54. The zero-order chi connectivity index (χ0) is 18.7. The van der Waals surface area contributed by atoms with E-state index in [4.69, 9.17) is 22.0 Å². The first-order valence-electron chi connectivity index (χ1n) is 7.12. The number of terminal acetylenes is 1. The Balaban J connectivity index is 3.20. The highest BCUT2D eigenvalue weighted by Gasteiger charge is 2.61. The average molecular weight is 347 g/mol. The van der Waals surface area contributed by atoms with Crippen LogP contribution in [0.2, 0.25) is 0 Å². The smallest absolute Gasteiger partial charge is 0.365 e. The molecule has 0 radical (unpaired) electrons. The van der Waals surface area contributed by atoms with Crippen molar-refractivity contribution in [3.05, 3.63) is 0 Å². The van der Waals surface area contributed by atoms with E-state index in [-0.39, 0.29) is 12.8 Å². The van der Waals surface area contributed by atoms with Crippen LogP contribution in [0.1, 0.15) is 12.8 Å². The van der Waals surface area contributed by atoms with Gasteiger partial charge in [0.25, 0.3) is 5.79 Å². The van der Waals surface area contributed by atoms with Crippen LogP contribution in [0.5, 0.6) is 0 Å². The number of rotatable bonds is 7. The molecule has 0 amide bonds. The van der Waals surface area contributed by atoms with Crippen LogP contribution >= 0.6 is 0 Å². The molecule has 0 saturated carbocycles. The third-order valence-electron chi connectivity index (χ3n) is 3.94. The van der Waals surface area contributed by atoms with Gasteiger partial charge in [-0.2, -0.15) is 0 Å². The first-order valence-corrected chi connectivity index (χ1v) is 7.12. The van der Waals surface area contributed by atoms with Crippen molar-refractivity contribution >= 4 is 11.8 Å². The van der Waals surface area contributed by atoms with Crippen molar-refractivity contribution in [3.63, 3.8) is 0 Å². The molecule has 10 nitrogen and oxygen atoms in total. The van der Waals surface area contributed by atoms with Gasteiger partial charge in [-0.25, -0.2) is 4.79 Å². The molecular formula is C14H21NO9. The number of nitrogens with two attached hydrogens (primary N) is 1. The molecule has 1 fully saturated rings. The SMILES string of the molecule is C#CCCC(=O)C1[C@H](O)[C@@H](N)[C@H]([C@H](O)[C@H](O)CO)OC1(O)C(=O)O. The molecule has 1 aliphatic heterocycles. The number of ether oxygens (including phenoxy) is 1. The summed E-state index contributed by atoms with van der Waals surface area (Å²) in [6.45, 7) is -0.903. The Hall–Kier alpha value is -1.58. The molecule has 7 atom stereocenters. The first kappa shape index (κ1) is 20.5. The van der Waals surface area contributed by atoms with E-state index in [0.29, 0.717) is 0 Å². The molecular weight excluding hydrogens is 326 g/mol. The molecule has 0 spiro atoms. The van der Waals surface area contributed by atoms with Gasteiger partial charge in [0.15, 0.2) is 0 Å². The Morgan fingerprint density at radius 2 is 1.96 bits per heavy atom. The molecule has 1 aliphatic rings. The van der Waals surface area contributed by atoms with E-state index < -0.39 is 60.5 Å². The molecule has 0 aromatic heterocycles. The van der Waals surface area contributed by atoms with Crippen LogP contribution in [-0.2, 0) is 14.3 Å². The van der Waals surface area contributed by atoms with Gasteiger partial charge in [-0.1, -0.05) is 0 Å². The second kappa shape index (κ2) is 8.00. The molecule has 1 heterocycles. The van der Waals surface area contributed by atoms with E-state index in [2.05, 4.69) is 5.92 Å². The number of hydrogen-bond acceptors (Lipinski definition) is 9. The second-order valence-corrected chi connectivity index (χ2v) is 5.54. The van der Waals surface area contributed by atoms with Crippen molar-refractivity contribution in [3.8, 4) is 12.3 Å². The fourth-order valence-corrected chi connectivity index (χ4v) is 2.57. The van der Waals surface area contributed by atoms with Crippen LogP contribution in [0.25, 0.3) is 0 Å². The minimum absolute atomic E-state index is 0.0533. The number of carboxylic acids is 1. The predicted octanol–water partition coefficient (Wildman–Crippen LogP) is -3.84. The van der Waals surface area contributed by atoms with Gasteiger partial charge >= 0.3 is 5.97 Å².